The van der Waals surface area contributed by atoms with Gasteiger partial charge in [0.2, 0.25) is 0 Å². The van der Waals surface area contributed by atoms with Crippen molar-refractivity contribution < 1.29 is 19.4 Å². The van der Waals surface area contributed by atoms with Crippen LogP contribution in [0.5, 0.6) is 5.75 Å². The van der Waals surface area contributed by atoms with Gasteiger partial charge in [-0.25, -0.2) is 0 Å². The lowest BCUT2D eigenvalue weighted by molar-refractivity contribution is -0.144. The standard InChI is InChI=1S/C15H21NO4/c1-10(2)12-6-5-11(3)7-13(12)20-9-14(17)16(4)8-15(18)19/h5-7,10H,8-9H2,1-4H3,(H,18,19). The number of nitrogens with zero attached hydrogens (tertiary/aromatic N) is 1. The largest absolute Gasteiger partial charge is 0.483 e. The number of amides is 1. The third-order valence-corrected chi connectivity index (χ3v) is 2.94. The van der Waals surface area contributed by atoms with Crippen molar-refractivity contribution in [2.45, 2.75) is 26.7 Å². The van der Waals surface area contributed by atoms with E-state index < -0.39 is 5.97 Å². The zero-order chi connectivity index (χ0) is 15.3. The van der Waals surface area contributed by atoms with Crippen LogP contribution in [0.1, 0.15) is 30.9 Å². The summed E-state index contributed by atoms with van der Waals surface area (Å²) in [5.74, 6) is -0.433. The van der Waals surface area contributed by atoms with Gasteiger partial charge < -0.3 is 14.7 Å². The molecule has 1 aromatic rings. The second-order valence-electron chi connectivity index (χ2n) is 5.13. The minimum Gasteiger partial charge on any atom is -0.483 e. The molecule has 0 aliphatic rings. The highest BCUT2D eigenvalue weighted by molar-refractivity contribution is 5.82. The molecule has 0 saturated heterocycles. The number of carbonyl (C=O) groups is 2. The Balaban J connectivity index is 2.72. The summed E-state index contributed by atoms with van der Waals surface area (Å²) >= 11 is 0. The summed E-state index contributed by atoms with van der Waals surface area (Å²) in [6.45, 7) is 5.57. The van der Waals surface area contributed by atoms with Crippen molar-refractivity contribution in [1.29, 1.82) is 0 Å². The fraction of sp³-hybridized carbons (Fsp3) is 0.467. The van der Waals surface area contributed by atoms with Crippen LogP contribution >= 0.6 is 0 Å². The monoisotopic (exact) mass is 279 g/mol. The number of benzene rings is 1. The van der Waals surface area contributed by atoms with Gasteiger partial charge in [0, 0.05) is 7.05 Å². The Labute approximate surface area is 119 Å². The summed E-state index contributed by atoms with van der Waals surface area (Å²) in [4.78, 5) is 23.4. The van der Waals surface area contributed by atoms with E-state index in [4.69, 9.17) is 9.84 Å². The third-order valence-electron chi connectivity index (χ3n) is 2.94. The molecule has 1 amide bonds. The molecule has 1 aromatic carbocycles. The summed E-state index contributed by atoms with van der Waals surface area (Å²) in [6.07, 6.45) is 0. The molecular weight excluding hydrogens is 258 g/mol. The summed E-state index contributed by atoms with van der Waals surface area (Å²) < 4.78 is 5.56. The number of aryl methyl sites for hydroxylation is 1. The molecule has 1 rings (SSSR count). The van der Waals surface area contributed by atoms with Crippen molar-refractivity contribution in [3.63, 3.8) is 0 Å². The van der Waals surface area contributed by atoms with Gasteiger partial charge in [-0.3, -0.25) is 9.59 Å². The highest BCUT2D eigenvalue weighted by Crippen LogP contribution is 2.27. The Morgan fingerprint density at radius 1 is 1.35 bits per heavy atom. The second-order valence-corrected chi connectivity index (χ2v) is 5.13. The lowest BCUT2D eigenvalue weighted by atomic mass is 10.0. The van der Waals surface area contributed by atoms with Crippen molar-refractivity contribution in [3.8, 4) is 5.75 Å². The summed E-state index contributed by atoms with van der Waals surface area (Å²) in [7, 11) is 1.44. The molecule has 110 valence electrons. The van der Waals surface area contributed by atoms with Crippen LogP contribution in [-0.2, 0) is 9.59 Å². The van der Waals surface area contributed by atoms with Crippen molar-refractivity contribution in [2.24, 2.45) is 0 Å². The predicted molar refractivity (Wildman–Crippen MR) is 76.0 cm³/mol. The average Bonchev–Trinajstić information content (AvgIpc) is 2.34. The van der Waals surface area contributed by atoms with E-state index in [0.29, 0.717) is 5.75 Å². The SMILES string of the molecule is Cc1ccc(C(C)C)c(OCC(=O)N(C)CC(=O)O)c1. The zero-order valence-electron chi connectivity index (χ0n) is 12.3. The van der Waals surface area contributed by atoms with Crippen LogP contribution in [0, 0.1) is 6.92 Å². The lowest BCUT2D eigenvalue weighted by Crippen LogP contribution is -2.35. The zero-order valence-corrected chi connectivity index (χ0v) is 12.3. The Bertz CT molecular complexity index is 497. The number of carbonyl (C=O) groups excluding carboxylic acids is 1. The van der Waals surface area contributed by atoms with E-state index >= 15 is 0 Å². The van der Waals surface area contributed by atoms with E-state index in [1.54, 1.807) is 0 Å². The molecule has 0 aromatic heterocycles. The number of likely N-dealkylation sites (N-methyl/N-ethyl adjacent to an activating group) is 1. The van der Waals surface area contributed by atoms with Gasteiger partial charge in [0.25, 0.3) is 5.91 Å². The normalized spacial score (nSPS) is 10.4. The first-order valence-corrected chi connectivity index (χ1v) is 6.50. The van der Waals surface area contributed by atoms with Crippen molar-refractivity contribution >= 4 is 11.9 Å². The number of aliphatic carboxylic acids is 1. The van der Waals surface area contributed by atoms with Crippen LogP contribution < -0.4 is 4.74 Å². The van der Waals surface area contributed by atoms with Crippen LogP contribution in [-0.4, -0.2) is 42.1 Å². The van der Waals surface area contributed by atoms with E-state index in [-0.39, 0.29) is 25.0 Å². The predicted octanol–water partition coefficient (Wildman–Crippen LogP) is 2.04. The number of hydrogen-bond acceptors (Lipinski definition) is 3. The van der Waals surface area contributed by atoms with E-state index in [9.17, 15) is 9.59 Å². The maximum absolute atomic E-state index is 11.8. The van der Waals surface area contributed by atoms with E-state index in [0.717, 1.165) is 16.0 Å². The maximum Gasteiger partial charge on any atom is 0.323 e. The molecular formula is C15H21NO4. The molecule has 0 fully saturated rings. The summed E-state index contributed by atoms with van der Waals surface area (Å²) in [5.41, 5.74) is 2.08. The van der Waals surface area contributed by atoms with Gasteiger partial charge in [0.15, 0.2) is 6.61 Å². The van der Waals surface area contributed by atoms with Crippen LogP contribution in [0.3, 0.4) is 0 Å². The van der Waals surface area contributed by atoms with Crippen molar-refractivity contribution in [2.75, 3.05) is 20.2 Å². The Kier molecular flexibility index (Phi) is 5.55. The number of ether oxygens (including phenoxy) is 1. The third kappa shape index (κ3) is 4.57. The molecule has 0 bridgehead atoms. The quantitative estimate of drug-likeness (QED) is 0.865. The minimum atomic E-state index is -1.04. The molecule has 0 saturated carbocycles. The molecule has 5 nitrogen and oxygen atoms in total. The maximum atomic E-state index is 11.8. The van der Waals surface area contributed by atoms with Crippen molar-refractivity contribution in [1.82, 2.24) is 4.90 Å². The molecule has 0 unspecified atom stereocenters. The first kappa shape index (κ1) is 16.0. The molecule has 0 atom stereocenters. The highest BCUT2D eigenvalue weighted by Gasteiger charge is 2.14. The number of carboxylic acid groups (broad SMARTS) is 1. The van der Waals surface area contributed by atoms with Gasteiger partial charge in [-0.15, -0.1) is 0 Å². The molecule has 5 heteroatoms. The average molecular weight is 279 g/mol. The summed E-state index contributed by atoms with van der Waals surface area (Å²) in [5, 5.41) is 8.64. The Morgan fingerprint density at radius 3 is 2.55 bits per heavy atom. The fourth-order valence-electron chi connectivity index (χ4n) is 1.78. The van der Waals surface area contributed by atoms with Crippen LogP contribution in [0.25, 0.3) is 0 Å². The first-order chi connectivity index (χ1) is 9.31. The molecule has 0 aliphatic carbocycles. The molecule has 0 heterocycles. The van der Waals surface area contributed by atoms with Gasteiger partial charge in [0.1, 0.15) is 12.3 Å². The van der Waals surface area contributed by atoms with Gasteiger partial charge in [-0.2, -0.15) is 0 Å². The lowest BCUT2D eigenvalue weighted by Gasteiger charge is -2.17. The van der Waals surface area contributed by atoms with Gasteiger partial charge in [-0.05, 0) is 30.0 Å². The number of carboxylic acids is 1. The van der Waals surface area contributed by atoms with E-state index in [2.05, 4.69) is 13.8 Å². The highest BCUT2D eigenvalue weighted by atomic mass is 16.5. The van der Waals surface area contributed by atoms with Gasteiger partial charge in [-0.1, -0.05) is 26.0 Å². The Morgan fingerprint density at radius 2 is 2.00 bits per heavy atom. The molecule has 20 heavy (non-hydrogen) atoms. The van der Waals surface area contributed by atoms with Crippen LogP contribution in [0.4, 0.5) is 0 Å². The fourth-order valence-corrected chi connectivity index (χ4v) is 1.78. The van der Waals surface area contributed by atoms with Crippen molar-refractivity contribution in [3.05, 3.63) is 29.3 Å². The van der Waals surface area contributed by atoms with Crippen LogP contribution in [0.2, 0.25) is 0 Å². The van der Waals surface area contributed by atoms with Crippen LogP contribution in [0.15, 0.2) is 18.2 Å². The first-order valence-electron chi connectivity index (χ1n) is 6.50. The smallest absolute Gasteiger partial charge is 0.323 e. The molecule has 1 N–H and O–H groups in total. The minimum absolute atomic E-state index is 0.160. The summed E-state index contributed by atoms with van der Waals surface area (Å²) in [6, 6.07) is 5.88. The molecule has 0 spiro atoms. The number of hydrogen-bond donors (Lipinski definition) is 1. The van der Waals surface area contributed by atoms with E-state index in [1.807, 2.05) is 25.1 Å². The Hall–Kier alpha value is -2.04. The molecule has 0 radical (unpaired) electrons. The van der Waals surface area contributed by atoms with Gasteiger partial charge >= 0.3 is 5.97 Å². The second kappa shape index (κ2) is 6.93. The molecule has 0 aliphatic heterocycles. The van der Waals surface area contributed by atoms with E-state index in [1.165, 1.54) is 7.05 Å². The number of rotatable bonds is 6. The van der Waals surface area contributed by atoms with Gasteiger partial charge in [0.05, 0.1) is 0 Å². The topological polar surface area (TPSA) is 66.8 Å².